The number of ether oxygens (including phenoxy) is 1. The summed E-state index contributed by atoms with van der Waals surface area (Å²) in [5.41, 5.74) is 0.683. The highest BCUT2D eigenvalue weighted by Gasteiger charge is 2.25. The number of rotatable bonds is 6. The van der Waals surface area contributed by atoms with Crippen LogP contribution in [0.1, 0.15) is 36.5 Å². The summed E-state index contributed by atoms with van der Waals surface area (Å²) in [6.45, 7) is 3.07. The third-order valence-electron chi connectivity index (χ3n) is 4.05. The lowest BCUT2D eigenvalue weighted by Gasteiger charge is -2.30. The zero-order valence-electron chi connectivity index (χ0n) is 14.6. The molecule has 0 aromatic heterocycles. The SMILES string of the molecule is CCOC(=O)c1ccc(N(CC(=O)N2CCCCC2)S(C)(=O)=O)cc1. The number of likely N-dealkylation sites (tertiary alicyclic amines) is 1. The summed E-state index contributed by atoms with van der Waals surface area (Å²) in [7, 11) is -3.63. The maximum absolute atomic E-state index is 12.4. The quantitative estimate of drug-likeness (QED) is 0.713. The molecule has 2 rings (SSSR count). The molecular formula is C17H24N2O5S. The van der Waals surface area contributed by atoms with Gasteiger partial charge in [0.05, 0.1) is 24.1 Å². The highest BCUT2D eigenvalue weighted by molar-refractivity contribution is 7.92. The number of hydrogen-bond donors (Lipinski definition) is 0. The zero-order chi connectivity index (χ0) is 18.4. The molecule has 1 amide bonds. The van der Waals surface area contributed by atoms with E-state index in [2.05, 4.69) is 0 Å². The van der Waals surface area contributed by atoms with Crippen LogP contribution in [0.5, 0.6) is 0 Å². The lowest BCUT2D eigenvalue weighted by molar-refractivity contribution is -0.130. The predicted molar refractivity (Wildman–Crippen MR) is 95.0 cm³/mol. The number of carbonyl (C=O) groups excluding carboxylic acids is 2. The molecule has 0 spiro atoms. The molecule has 1 aromatic rings. The molecule has 7 nitrogen and oxygen atoms in total. The third kappa shape index (κ3) is 5.19. The summed E-state index contributed by atoms with van der Waals surface area (Å²) < 4.78 is 30.2. The van der Waals surface area contributed by atoms with E-state index in [1.807, 2.05) is 0 Å². The standard InChI is InChI=1S/C17H24N2O5S/c1-3-24-17(21)14-7-9-15(10-8-14)19(25(2,22)23)13-16(20)18-11-5-4-6-12-18/h7-10H,3-6,11-13H2,1-2H3. The molecule has 1 aliphatic heterocycles. The molecule has 1 aromatic carbocycles. The van der Waals surface area contributed by atoms with Crippen molar-refractivity contribution in [1.29, 1.82) is 0 Å². The van der Waals surface area contributed by atoms with Crippen LogP contribution in [0.2, 0.25) is 0 Å². The molecule has 0 atom stereocenters. The fourth-order valence-electron chi connectivity index (χ4n) is 2.74. The Labute approximate surface area is 148 Å². The Morgan fingerprint density at radius 3 is 2.24 bits per heavy atom. The minimum absolute atomic E-state index is 0.209. The lowest BCUT2D eigenvalue weighted by Crippen LogP contribution is -2.44. The van der Waals surface area contributed by atoms with Crippen LogP contribution >= 0.6 is 0 Å². The smallest absolute Gasteiger partial charge is 0.338 e. The van der Waals surface area contributed by atoms with Crippen LogP contribution in [0.3, 0.4) is 0 Å². The van der Waals surface area contributed by atoms with Crippen molar-refractivity contribution in [3.63, 3.8) is 0 Å². The number of carbonyl (C=O) groups is 2. The maximum Gasteiger partial charge on any atom is 0.338 e. The summed E-state index contributed by atoms with van der Waals surface area (Å²) in [5.74, 6) is -0.677. The average molecular weight is 368 g/mol. The van der Waals surface area contributed by atoms with Crippen LogP contribution in [0, 0.1) is 0 Å². The molecule has 8 heteroatoms. The van der Waals surface area contributed by atoms with Crippen LogP contribution in [0.4, 0.5) is 5.69 Å². The molecule has 0 radical (unpaired) electrons. The van der Waals surface area contributed by atoms with Gasteiger partial charge in [0.1, 0.15) is 6.54 Å². The Bertz CT molecular complexity index is 709. The molecule has 1 fully saturated rings. The average Bonchev–Trinajstić information content (AvgIpc) is 2.59. The van der Waals surface area contributed by atoms with Crippen molar-refractivity contribution in [1.82, 2.24) is 4.90 Å². The van der Waals surface area contributed by atoms with Crippen LogP contribution < -0.4 is 4.31 Å². The number of anilines is 1. The second-order valence-corrected chi connectivity index (χ2v) is 7.89. The van der Waals surface area contributed by atoms with Crippen molar-refractivity contribution in [2.24, 2.45) is 0 Å². The summed E-state index contributed by atoms with van der Waals surface area (Å²) >= 11 is 0. The van der Waals surface area contributed by atoms with E-state index in [1.54, 1.807) is 11.8 Å². The lowest BCUT2D eigenvalue weighted by atomic mass is 10.1. The van der Waals surface area contributed by atoms with Gasteiger partial charge in [-0.1, -0.05) is 0 Å². The van der Waals surface area contributed by atoms with Crippen LogP contribution in [0.15, 0.2) is 24.3 Å². The van der Waals surface area contributed by atoms with Crippen LogP contribution in [-0.4, -0.2) is 57.7 Å². The highest BCUT2D eigenvalue weighted by Crippen LogP contribution is 2.20. The number of hydrogen-bond acceptors (Lipinski definition) is 5. The molecule has 1 aliphatic rings. The molecule has 25 heavy (non-hydrogen) atoms. The first kappa shape index (κ1) is 19.2. The molecule has 0 saturated carbocycles. The number of piperidine rings is 1. The predicted octanol–water partition coefficient (Wildman–Crippen LogP) is 1.64. The van der Waals surface area contributed by atoms with Gasteiger partial charge in [-0.2, -0.15) is 0 Å². The van der Waals surface area contributed by atoms with Gasteiger partial charge in [-0.3, -0.25) is 9.10 Å². The Morgan fingerprint density at radius 2 is 1.72 bits per heavy atom. The Hall–Kier alpha value is -2.09. The fourth-order valence-corrected chi connectivity index (χ4v) is 3.59. The van der Waals surface area contributed by atoms with E-state index in [4.69, 9.17) is 4.74 Å². The van der Waals surface area contributed by atoms with E-state index in [9.17, 15) is 18.0 Å². The minimum Gasteiger partial charge on any atom is -0.462 e. The van der Waals surface area contributed by atoms with Crippen molar-refractivity contribution in [2.75, 3.05) is 36.8 Å². The minimum atomic E-state index is -3.63. The zero-order valence-corrected chi connectivity index (χ0v) is 15.4. The van der Waals surface area contributed by atoms with Crippen molar-refractivity contribution in [3.8, 4) is 0 Å². The van der Waals surface area contributed by atoms with Gasteiger partial charge in [0, 0.05) is 13.1 Å². The second kappa shape index (κ2) is 8.33. The van der Waals surface area contributed by atoms with Gasteiger partial charge in [0.15, 0.2) is 0 Å². The molecule has 138 valence electrons. The first-order valence-corrected chi connectivity index (χ1v) is 10.2. The summed E-state index contributed by atoms with van der Waals surface area (Å²) in [6, 6.07) is 6.02. The second-order valence-electron chi connectivity index (χ2n) is 5.98. The van der Waals surface area contributed by atoms with E-state index in [1.165, 1.54) is 24.3 Å². The van der Waals surface area contributed by atoms with E-state index in [-0.39, 0.29) is 19.1 Å². The van der Waals surface area contributed by atoms with Gasteiger partial charge in [0.25, 0.3) is 0 Å². The van der Waals surface area contributed by atoms with Gasteiger partial charge in [0.2, 0.25) is 15.9 Å². The van der Waals surface area contributed by atoms with Gasteiger partial charge < -0.3 is 9.64 Å². The molecule has 1 saturated heterocycles. The van der Waals surface area contributed by atoms with Crippen LogP contribution in [-0.2, 0) is 19.6 Å². The monoisotopic (exact) mass is 368 g/mol. The van der Waals surface area contributed by atoms with Gasteiger partial charge >= 0.3 is 5.97 Å². The first-order valence-electron chi connectivity index (χ1n) is 8.35. The highest BCUT2D eigenvalue weighted by atomic mass is 32.2. The summed E-state index contributed by atoms with van der Waals surface area (Å²) in [5, 5.41) is 0. The van der Waals surface area contributed by atoms with E-state index in [0.29, 0.717) is 24.3 Å². The number of benzene rings is 1. The summed E-state index contributed by atoms with van der Waals surface area (Å²) in [6.07, 6.45) is 4.04. The molecule has 0 aliphatic carbocycles. The number of nitrogens with zero attached hydrogens (tertiary/aromatic N) is 2. The molecule has 0 unspecified atom stereocenters. The van der Waals surface area contributed by atoms with E-state index in [0.717, 1.165) is 29.8 Å². The molecule has 0 N–H and O–H groups in total. The molecule has 0 bridgehead atoms. The first-order chi connectivity index (χ1) is 11.8. The normalized spacial score (nSPS) is 14.9. The van der Waals surface area contributed by atoms with Gasteiger partial charge in [-0.15, -0.1) is 0 Å². The largest absolute Gasteiger partial charge is 0.462 e. The Balaban J connectivity index is 2.17. The van der Waals surface area contributed by atoms with Crippen molar-refractivity contribution in [2.45, 2.75) is 26.2 Å². The van der Waals surface area contributed by atoms with E-state index < -0.39 is 16.0 Å². The Kier molecular flexibility index (Phi) is 6.41. The number of esters is 1. The maximum atomic E-state index is 12.4. The number of sulfonamides is 1. The van der Waals surface area contributed by atoms with E-state index >= 15 is 0 Å². The van der Waals surface area contributed by atoms with Gasteiger partial charge in [-0.05, 0) is 50.5 Å². The van der Waals surface area contributed by atoms with Gasteiger partial charge in [-0.25, -0.2) is 13.2 Å². The van der Waals surface area contributed by atoms with Crippen molar-refractivity contribution in [3.05, 3.63) is 29.8 Å². The van der Waals surface area contributed by atoms with Crippen molar-refractivity contribution < 1.29 is 22.7 Å². The molecule has 1 heterocycles. The third-order valence-corrected chi connectivity index (χ3v) is 5.19. The fraction of sp³-hybridized carbons (Fsp3) is 0.529. The summed E-state index contributed by atoms with van der Waals surface area (Å²) in [4.78, 5) is 25.8. The number of amides is 1. The van der Waals surface area contributed by atoms with Crippen molar-refractivity contribution >= 4 is 27.6 Å². The topological polar surface area (TPSA) is 84.0 Å². The van der Waals surface area contributed by atoms with Crippen LogP contribution in [0.25, 0.3) is 0 Å². The Morgan fingerprint density at radius 1 is 1.12 bits per heavy atom. The molecular weight excluding hydrogens is 344 g/mol.